The van der Waals surface area contributed by atoms with Crippen molar-refractivity contribution in [3.05, 3.63) is 60.6 Å². The van der Waals surface area contributed by atoms with Crippen LogP contribution >= 0.6 is 0 Å². The monoisotopic (exact) mass is 391 g/mol. The van der Waals surface area contributed by atoms with Crippen molar-refractivity contribution in [3.63, 3.8) is 0 Å². The van der Waals surface area contributed by atoms with Crippen molar-refractivity contribution in [2.24, 2.45) is 0 Å². The molecule has 0 aliphatic carbocycles. The van der Waals surface area contributed by atoms with Gasteiger partial charge in [0, 0.05) is 56.6 Å². The molecular weight excluding hydrogens is 366 g/mol. The maximum absolute atomic E-state index is 12.6. The molecule has 7 heteroatoms. The van der Waals surface area contributed by atoms with Crippen LogP contribution in [0.3, 0.4) is 0 Å². The number of benzene rings is 1. The number of ether oxygens (including phenoxy) is 1. The predicted molar refractivity (Wildman–Crippen MR) is 113 cm³/mol. The zero-order valence-electron chi connectivity index (χ0n) is 16.5. The molecule has 1 fully saturated rings. The minimum Gasteiger partial charge on any atom is -0.492 e. The van der Waals surface area contributed by atoms with Gasteiger partial charge < -0.3 is 15.0 Å². The van der Waals surface area contributed by atoms with E-state index in [1.807, 2.05) is 24.3 Å². The van der Waals surface area contributed by atoms with Gasteiger partial charge in [0.05, 0.1) is 11.2 Å². The largest absolute Gasteiger partial charge is 0.492 e. The fourth-order valence-electron chi connectivity index (χ4n) is 3.39. The first-order valence-electron chi connectivity index (χ1n) is 9.84. The van der Waals surface area contributed by atoms with Crippen molar-refractivity contribution >= 4 is 22.5 Å². The van der Waals surface area contributed by atoms with Crippen LogP contribution in [-0.2, 0) is 0 Å². The fraction of sp³-hybridized carbons (Fsp3) is 0.318. The van der Waals surface area contributed by atoms with E-state index in [-0.39, 0.29) is 5.91 Å². The number of pyridine rings is 2. The number of piperazine rings is 1. The van der Waals surface area contributed by atoms with Crippen LogP contribution in [0.25, 0.3) is 10.9 Å². The van der Waals surface area contributed by atoms with Gasteiger partial charge in [-0.25, -0.2) is 0 Å². The third kappa shape index (κ3) is 4.88. The van der Waals surface area contributed by atoms with Gasteiger partial charge in [-0.05, 0) is 31.3 Å². The van der Waals surface area contributed by atoms with Crippen LogP contribution in [0.2, 0.25) is 0 Å². The van der Waals surface area contributed by atoms with Crippen LogP contribution in [0.1, 0.15) is 10.5 Å². The minimum absolute atomic E-state index is 0.271. The summed E-state index contributed by atoms with van der Waals surface area (Å²) >= 11 is 0. The fourth-order valence-corrected chi connectivity index (χ4v) is 3.39. The Morgan fingerprint density at radius 1 is 1.07 bits per heavy atom. The Balaban J connectivity index is 1.47. The summed E-state index contributed by atoms with van der Waals surface area (Å²) < 4.78 is 6.02. The summed E-state index contributed by atoms with van der Waals surface area (Å²) in [6.07, 6.45) is 3.32. The first kappa shape index (κ1) is 19.3. The van der Waals surface area contributed by atoms with Gasteiger partial charge in [-0.2, -0.15) is 0 Å². The first-order chi connectivity index (χ1) is 14.2. The van der Waals surface area contributed by atoms with Crippen LogP contribution in [0, 0.1) is 0 Å². The molecule has 3 heterocycles. The highest BCUT2D eigenvalue weighted by Gasteiger charge is 2.14. The van der Waals surface area contributed by atoms with E-state index in [2.05, 4.69) is 32.1 Å². The molecule has 0 spiro atoms. The molecule has 4 rings (SSSR count). The Bertz CT molecular complexity index is 971. The van der Waals surface area contributed by atoms with Crippen LogP contribution in [0.5, 0.6) is 5.75 Å². The number of nitrogens with one attached hydrogen (secondary N) is 1. The van der Waals surface area contributed by atoms with Crippen molar-refractivity contribution in [1.82, 2.24) is 19.8 Å². The molecule has 0 saturated carbocycles. The summed E-state index contributed by atoms with van der Waals surface area (Å²) in [6.45, 7) is 5.79. The Morgan fingerprint density at radius 2 is 1.90 bits per heavy atom. The van der Waals surface area contributed by atoms with Gasteiger partial charge >= 0.3 is 0 Å². The number of nitrogens with zero attached hydrogens (tertiary/aromatic N) is 4. The van der Waals surface area contributed by atoms with Crippen LogP contribution in [0.4, 0.5) is 5.69 Å². The molecule has 1 aliphatic rings. The molecule has 2 aromatic heterocycles. The lowest BCUT2D eigenvalue weighted by Gasteiger charge is -2.32. The van der Waals surface area contributed by atoms with Gasteiger partial charge in [-0.1, -0.05) is 12.1 Å². The predicted octanol–water partition coefficient (Wildman–Crippen LogP) is 2.51. The third-order valence-electron chi connectivity index (χ3n) is 5.10. The van der Waals surface area contributed by atoms with Crippen molar-refractivity contribution in [2.45, 2.75) is 0 Å². The van der Waals surface area contributed by atoms with Gasteiger partial charge in [-0.3, -0.25) is 19.7 Å². The summed E-state index contributed by atoms with van der Waals surface area (Å²) in [5.41, 5.74) is 1.70. The minimum atomic E-state index is -0.271. The quantitative estimate of drug-likeness (QED) is 0.696. The van der Waals surface area contributed by atoms with E-state index >= 15 is 0 Å². The number of amides is 1. The Morgan fingerprint density at radius 3 is 2.69 bits per heavy atom. The van der Waals surface area contributed by atoms with E-state index in [0.717, 1.165) is 49.4 Å². The second-order valence-corrected chi connectivity index (χ2v) is 7.21. The van der Waals surface area contributed by atoms with Crippen LogP contribution < -0.4 is 10.1 Å². The lowest BCUT2D eigenvalue weighted by atomic mass is 10.1. The van der Waals surface area contributed by atoms with E-state index in [0.29, 0.717) is 18.0 Å². The zero-order chi connectivity index (χ0) is 20.1. The number of anilines is 1. The number of hydrogen-bond acceptors (Lipinski definition) is 6. The topological polar surface area (TPSA) is 70.6 Å². The standard InChI is InChI=1S/C22H25N5O2/c1-26-9-11-27(12-10-26)13-14-29-18-15-17-5-4-8-24-21(17)20(16-18)25-22(28)19-6-2-3-7-23-19/h2-8,15-16H,9-14H2,1H3,(H,25,28). The molecule has 0 atom stereocenters. The Hall–Kier alpha value is -3.03. The molecule has 3 aromatic rings. The molecule has 7 nitrogen and oxygen atoms in total. The summed E-state index contributed by atoms with van der Waals surface area (Å²) in [5.74, 6) is 0.447. The van der Waals surface area contributed by atoms with Crippen molar-refractivity contribution < 1.29 is 9.53 Å². The average molecular weight is 391 g/mol. The van der Waals surface area contributed by atoms with Crippen LogP contribution in [-0.4, -0.2) is 72.1 Å². The number of fused-ring (bicyclic) bond motifs is 1. The van der Waals surface area contributed by atoms with E-state index < -0.39 is 0 Å². The molecule has 0 radical (unpaired) electrons. The van der Waals surface area contributed by atoms with Gasteiger partial charge in [-0.15, -0.1) is 0 Å². The van der Waals surface area contributed by atoms with Crippen molar-refractivity contribution in [1.29, 1.82) is 0 Å². The SMILES string of the molecule is CN1CCN(CCOc2cc(NC(=O)c3ccccn3)c3ncccc3c2)CC1. The van der Waals surface area contributed by atoms with E-state index in [1.165, 1.54) is 0 Å². The molecular formula is C22H25N5O2. The summed E-state index contributed by atoms with van der Waals surface area (Å²) in [5, 5.41) is 3.84. The van der Waals surface area contributed by atoms with Crippen molar-refractivity contribution in [2.75, 3.05) is 51.7 Å². The highest BCUT2D eigenvalue weighted by atomic mass is 16.5. The molecule has 1 amide bonds. The normalized spacial score (nSPS) is 15.3. The van der Waals surface area contributed by atoms with Crippen LogP contribution in [0.15, 0.2) is 54.9 Å². The Labute approximate surface area is 170 Å². The number of likely N-dealkylation sites (N-methyl/N-ethyl adjacent to an activating group) is 1. The average Bonchev–Trinajstić information content (AvgIpc) is 2.76. The number of aromatic nitrogens is 2. The molecule has 0 unspecified atom stereocenters. The highest BCUT2D eigenvalue weighted by Crippen LogP contribution is 2.28. The molecule has 1 aromatic carbocycles. The molecule has 150 valence electrons. The first-order valence-corrected chi connectivity index (χ1v) is 9.84. The number of carbonyl (C=O) groups is 1. The lowest BCUT2D eigenvalue weighted by molar-refractivity contribution is 0.102. The lowest BCUT2D eigenvalue weighted by Crippen LogP contribution is -2.45. The molecule has 29 heavy (non-hydrogen) atoms. The summed E-state index contributed by atoms with van der Waals surface area (Å²) in [4.78, 5) is 25.8. The maximum atomic E-state index is 12.6. The molecule has 1 aliphatic heterocycles. The molecule has 1 N–H and O–H groups in total. The highest BCUT2D eigenvalue weighted by molar-refractivity contribution is 6.07. The van der Waals surface area contributed by atoms with E-state index in [4.69, 9.17) is 4.74 Å². The summed E-state index contributed by atoms with van der Waals surface area (Å²) in [6, 6.07) is 12.9. The Kier molecular flexibility index (Phi) is 5.97. The molecule has 1 saturated heterocycles. The smallest absolute Gasteiger partial charge is 0.274 e. The number of carbonyl (C=O) groups excluding carboxylic acids is 1. The van der Waals surface area contributed by atoms with Gasteiger partial charge in [0.15, 0.2) is 0 Å². The number of rotatable bonds is 6. The zero-order valence-corrected chi connectivity index (χ0v) is 16.5. The van der Waals surface area contributed by atoms with E-state index in [9.17, 15) is 4.79 Å². The van der Waals surface area contributed by atoms with Gasteiger partial charge in [0.2, 0.25) is 0 Å². The second kappa shape index (κ2) is 8.98. The number of hydrogen-bond donors (Lipinski definition) is 1. The third-order valence-corrected chi connectivity index (χ3v) is 5.10. The second-order valence-electron chi connectivity index (χ2n) is 7.21. The molecule has 0 bridgehead atoms. The van der Waals surface area contributed by atoms with Gasteiger partial charge in [0.1, 0.15) is 18.1 Å². The van der Waals surface area contributed by atoms with E-state index in [1.54, 1.807) is 30.6 Å². The maximum Gasteiger partial charge on any atom is 0.274 e. The van der Waals surface area contributed by atoms with Gasteiger partial charge in [0.25, 0.3) is 5.91 Å². The summed E-state index contributed by atoms with van der Waals surface area (Å²) in [7, 11) is 2.15. The van der Waals surface area contributed by atoms with Crippen molar-refractivity contribution in [3.8, 4) is 5.75 Å².